The lowest BCUT2D eigenvalue weighted by molar-refractivity contribution is -0.136. The molecule has 2 rings (SSSR count). The lowest BCUT2D eigenvalue weighted by Crippen LogP contribution is -2.49. The Hall–Kier alpha value is -1.14. The van der Waals surface area contributed by atoms with Gasteiger partial charge in [0.25, 0.3) is 0 Å². The van der Waals surface area contributed by atoms with Crippen molar-refractivity contribution in [3.63, 3.8) is 0 Å². The smallest absolute Gasteiger partial charge is 0.227 e. The molecule has 1 amide bonds. The van der Waals surface area contributed by atoms with Crippen molar-refractivity contribution in [2.45, 2.75) is 45.1 Å². The maximum atomic E-state index is 12.5. The fourth-order valence-electron chi connectivity index (χ4n) is 2.99. The summed E-state index contributed by atoms with van der Waals surface area (Å²) in [6.45, 7) is 8.06. The average molecular weight is 371 g/mol. The van der Waals surface area contributed by atoms with Gasteiger partial charge < -0.3 is 20.9 Å². The van der Waals surface area contributed by atoms with E-state index in [1.54, 1.807) is 0 Å². The van der Waals surface area contributed by atoms with Gasteiger partial charge in [0.2, 0.25) is 5.91 Å². The predicted molar refractivity (Wildman–Crippen MR) is 102 cm³/mol. The van der Waals surface area contributed by atoms with Crippen LogP contribution in [-0.4, -0.2) is 37.3 Å². The van der Waals surface area contributed by atoms with Crippen LogP contribution in [0.2, 0.25) is 0 Å². The van der Waals surface area contributed by atoms with Crippen LogP contribution >= 0.6 is 12.4 Å². The standard InChI is InChI=1S/C19H30N2O3.ClH/c1-18(2,3)15-6-4-14(5-7-15)16(22)12-21-17(23)19(13-20)8-10-24-11-9-19;/h4-7,16,22H,8-13,20H2,1-3H3,(H,21,23);1H. The van der Waals surface area contributed by atoms with E-state index in [4.69, 9.17) is 10.5 Å². The van der Waals surface area contributed by atoms with Crippen molar-refractivity contribution < 1.29 is 14.6 Å². The van der Waals surface area contributed by atoms with E-state index in [0.717, 1.165) is 5.56 Å². The summed E-state index contributed by atoms with van der Waals surface area (Å²) in [6.07, 6.45) is 0.537. The third-order valence-electron chi connectivity index (χ3n) is 4.94. The minimum absolute atomic E-state index is 0. The van der Waals surface area contributed by atoms with E-state index in [0.29, 0.717) is 32.6 Å². The number of ether oxygens (including phenoxy) is 1. The summed E-state index contributed by atoms with van der Waals surface area (Å²) < 4.78 is 5.33. The number of aliphatic hydroxyl groups excluding tert-OH is 1. The SMILES string of the molecule is CC(C)(C)c1ccc(C(O)CNC(=O)C2(CN)CCOCC2)cc1.Cl. The van der Waals surface area contributed by atoms with Gasteiger partial charge in [-0.05, 0) is 29.4 Å². The topological polar surface area (TPSA) is 84.6 Å². The van der Waals surface area contributed by atoms with Gasteiger partial charge >= 0.3 is 0 Å². The summed E-state index contributed by atoms with van der Waals surface area (Å²) in [4.78, 5) is 12.5. The molecule has 0 aliphatic carbocycles. The molecule has 0 saturated carbocycles. The quantitative estimate of drug-likeness (QED) is 0.742. The van der Waals surface area contributed by atoms with Gasteiger partial charge in [-0.15, -0.1) is 12.4 Å². The van der Waals surface area contributed by atoms with Gasteiger partial charge in [0.1, 0.15) is 0 Å². The van der Waals surface area contributed by atoms with Crippen LogP contribution in [0.5, 0.6) is 0 Å². The second-order valence-corrected chi connectivity index (χ2v) is 7.69. The van der Waals surface area contributed by atoms with Crippen molar-refractivity contribution in [2.75, 3.05) is 26.3 Å². The van der Waals surface area contributed by atoms with Crippen molar-refractivity contribution in [3.05, 3.63) is 35.4 Å². The molecule has 0 radical (unpaired) electrons. The molecule has 0 spiro atoms. The fourth-order valence-corrected chi connectivity index (χ4v) is 2.99. The van der Waals surface area contributed by atoms with Crippen molar-refractivity contribution in [2.24, 2.45) is 11.1 Å². The van der Waals surface area contributed by atoms with Crippen molar-refractivity contribution in [3.8, 4) is 0 Å². The summed E-state index contributed by atoms with van der Waals surface area (Å²) in [7, 11) is 0. The Labute approximate surface area is 156 Å². The maximum Gasteiger partial charge on any atom is 0.227 e. The normalized spacial score (nSPS) is 18.1. The van der Waals surface area contributed by atoms with E-state index in [2.05, 4.69) is 26.1 Å². The Balaban J connectivity index is 0.00000312. The van der Waals surface area contributed by atoms with E-state index in [9.17, 15) is 9.90 Å². The molecule has 25 heavy (non-hydrogen) atoms. The number of carbonyl (C=O) groups is 1. The molecule has 1 atom stereocenters. The van der Waals surface area contributed by atoms with Crippen molar-refractivity contribution in [1.29, 1.82) is 0 Å². The first-order valence-electron chi connectivity index (χ1n) is 8.63. The number of nitrogens with two attached hydrogens (primary N) is 1. The van der Waals surface area contributed by atoms with E-state index >= 15 is 0 Å². The molecule has 4 N–H and O–H groups in total. The number of aliphatic hydroxyl groups is 1. The van der Waals surface area contributed by atoms with Gasteiger partial charge in [0, 0.05) is 26.3 Å². The Bertz CT molecular complexity index is 549. The van der Waals surface area contributed by atoms with Gasteiger partial charge in [-0.3, -0.25) is 4.79 Å². The first kappa shape index (κ1) is 21.9. The number of rotatable bonds is 5. The van der Waals surface area contributed by atoms with Gasteiger partial charge in [0.05, 0.1) is 11.5 Å². The van der Waals surface area contributed by atoms with E-state index in [1.807, 2.05) is 24.3 Å². The Morgan fingerprint density at radius 3 is 2.32 bits per heavy atom. The Morgan fingerprint density at radius 2 is 1.84 bits per heavy atom. The van der Waals surface area contributed by atoms with E-state index in [1.165, 1.54) is 5.56 Å². The van der Waals surface area contributed by atoms with Crippen LogP contribution in [0.15, 0.2) is 24.3 Å². The number of amides is 1. The zero-order valence-electron chi connectivity index (χ0n) is 15.4. The molecule has 6 heteroatoms. The van der Waals surface area contributed by atoms with Crippen LogP contribution in [0.25, 0.3) is 0 Å². The Kier molecular flexibility index (Phi) is 7.88. The highest BCUT2D eigenvalue weighted by molar-refractivity contribution is 5.85. The number of nitrogens with one attached hydrogen (secondary N) is 1. The monoisotopic (exact) mass is 370 g/mol. The first-order valence-corrected chi connectivity index (χ1v) is 8.63. The predicted octanol–water partition coefficient (Wildman–Crippen LogP) is 2.31. The molecule has 1 aromatic rings. The van der Waals surface area contributed by atoms with Gasteiger partial charge in [0.15, 0.2) is 0 Å². The number of hydrogen-bond acceptors (Lipinski definition) is 4. The second-order valence-electron chi connectivity index (χ2n) is 7.69. The molecule has 1 unspecified atom stereocenters. The molecule has 1 fully saturated rings. The van der Waals surface area contributed by atoms with Crippen molar-refractivity contribution >= 4 is 18.3 Å². The van der Waals surface area contributed by atoms with Crippen LogP contribution in [0, 0.1) is 5.41 Å². The van der Waals surface area contributed by atoms with Crippen molar-refractivity contribution in [1.82, 2.24) is 5.32 Å². The highest BCUT2D eigenvalue weighted by atomic mass is 35.5. The molecule has 1 aliphatic rings. The molecule has 1 saturated heterocycles. The minimum atomic E-state index is -0.724. The number of halogens is 1. The summed E-state index contributed by atoms with van der Waals surface area (Å²) in [6, 6.07) is 7.90. The molecule has 0 aromatic heterocycles. The lowest BCUT2D eigenvalue weighted by Gasteiger charge is -2.34. The zero-order valence-corrected chi connectivity index (χ0v) is 16.2. The zero-order chi connectivity index (χ0) is 17.8. The molecular formula is C19H31ClN2O3. The van der Waals surface area contributed by atoms with Crippen LogP contribution in [0.3, 0.4) is 0 Å². The molecule has 0 bridgehead atoms. The van der Waals surface area contributed by atoms with Gasteiger partial charge in [-0.1, -0.05) is 45.0 Å². The van der Waals surface area contributed by atoms with Gasteiger partial charge in [-0.2, -0.15) is 0 Å². The highest BCUT2D eigenvalue weighted by Gasteiger charge is 2.38. The number of carbonyl (C=O) groups excluding carboxylic acids is 1. The summed E-state index contributed by atoms with van der Waals surface area (Å²) in [5.74, 6) is -0.0846. The van der Waals surface area contributed by atoms with Crippen LogP contribution in [0.1, 0.15) is 50.8 Å². The highest BCUT2D eigenvalue weighted by Crippen LogP contribution is 2.30. The van der Waals surface area contributed by atoms with Gasteiger partial charge in [-0.25, -0.2) is 0 Å². The summed E-state index contributed by atoms with van der Waals surface area (Å²) in [5.41, 5.74) is 7.37. The maximum absolute atomic E-state index is 12.5. The van der Waals surface area contributed by atoms with E-state index in [-0.39, 0.29) is 30.3 Å². The summed E-state index contributed by atoms with van der Waals surface area (Å²) >= 11 is 0. The minimum Gasteiger partial charge on any atom is -0.387 e. The average Bonchev–Trinajstić information content (AvgIpc) is 2.59. The third kappa shape index (κ3) is 5.42. The number of hydrogen-bond donors (Lipinski definition) is 3. The lowest BCUT2D eigenvalue weighted by atomic mass is 9.79. The van der Waals surface area contributed by atoms with Crippen LogP contribution in [0.4, 0.5) is 0 Å². The fraction of sp³-hybridized carbons (Fsp3) is 0.632. The first-order chi connectivity index (χ1) is 11.3. The molecular weight excluding hydrogens is 340 g/mol. The molecule has 1 heterocycles. The largest absolute Gasteiger partial charge is 0.387 e. The van der Waals surface area contributed by atoms with Crippen LogP contribution in [-0.2, 0) is 14.9 Å². The molecule has 1 aliphatic heterocycles. The molecule has 5 nitrogen and oxygen atoms in total. The third-order valence-corrected chi connectivity index (χ3v) is 4.94. The molecule has 142 valence electrons. The summed E-state index contributed by atoms with van der Waals surface area (Å²) in [5, 5.41) is 13.2. The Morgan fingerprint density at radius 1 is 1.28 bits per heavy atom. The van der Waals surface area contributed by atoms with Crippen LogP contribution < -0.4 is 11.1 Å². The second kappa shape index (κ2) is 8.99. The number of benzene rings is 1. The molecule has 1 aromatic carbocycles. The van der Waals surface area contributed by atoms with E-state index < -0.39 is 11.5 Å².